The van der Waals surface area contributed by atoms with Crippen molar-refractivity contribution in [1.29, 1.82) is 0 Å². The molecule has 0 rings (SSSR count). The van der Waals surface area contributed by atoms with E-state index in [1.165, 1.54) is 16.7 Å². The first kappa shape index (κ1) is 30.6. The Morgan fingerprint density at radius 2 is 1.14 bits per heavy atom. The maximum atomic E-state index is 10.9. The Hall–Kier alpha value is -0.573. The van der Waals surface area contributed by atoms with Gasteiger partial charge in [0.2, 0.25) is 0 Å². The number of hydrogen-bond donors (Lipinski definition) is 1. The molecule has 4 nitrogen and oxygen atoms in total. The molecular weight excluding hydrogens is 379 g/mol. The van der Waals surface area contributed by atoms with Crippen molar-refractivity contribution in [2.24, 2.45) is 0 Å². The van der Waals surface area contributed by atoms with Crippen LogP contribution in [0.3, 0.4) is 0 Å². The van der Waals surface area contributed by atoms with Gasteiger partial charge in [-0.15, -0.1) is 0 Å². The fourth-order valence-corrected chi connectivity index (χ4v) is 3.07. The van der Waals surface area contributed by atoms with Gasteiger partial charge in [-0.1, -0.05) is 46.6 Å². The quantitative estimate of drug-likeness (QED) is 0.283. The molecule has 0 aromatic heterocycles. The van der Waals surface area contributed by atoms with Crippen LogP contribution < -0.4 is 18.9 Å². The van der Waals surface area contributed by atoms with Crippen LogP contribution in [-0.4, -0.2) is 23.0 Å². The van der Waals surface area contributed by atoms with Crippen LogP contribution in [0.25, 0.3) is 0 Å². The molecule has 0 saturated heterocycles. The van der Waals surface area contributed by atoms with E-state index >= 15 is 0 Å². The Morgan fingerprint density at radius 3 is 1.48 bits per heavy atom. The summed E-state index contributed by atoms with van der Waals surface area (Å²) in [6.07, 6.45) is 15.3. The minimum Gasteiger partial charge on any atom is -0.746 e. The number of allylic oxidation sites excluding steroid dienone is 8. The molecular formula is C23H39LiO4S. The zero-order valence-corrected chi connectivity index (χ0v) is 20.4. The van der Waals surface area contributed by atoms with Gasteiger partial charge in [-0.2, -0.15) is 0 Å². The predicted molar refractivity (Wildman–Crippen MR) is 118 cm³/mol. The van der Waals surface area contributed by atoms with E-state index in [9.17, 15) is 18.1 Å². The van der Waals surface area contributed by atoms with Crippen LogP contribution in [-0.2, 0) is 10.1 Å². The average molecular weight is 419 g/mol. The molecule has 0 heterocycles. The van der Waals surface area contributed by atoms with E-state index < -0.39 is 15.1 Å². The molecule has 6 heteroatoms. The summed E-state index contributed by atoms with van der Waals surface area (Å²) in [5, 5.41) is 9.66. The molecule has 0 aliphatic carbocycles. The van der Waals surface area contributed by atoms with Crippen LogP contribution in [0.15, 0.2) is 46.6 Å². The monoisotopic (exact) mass is 418 g/mol. The fourth-order valence-electron chi connectivity index (χ4n) is 2.70. The average Bonchev–Trinajstić information content (AvgIpc) is 2.53. The zero-order chi connectivity index (χ0) is 21.8. The van der Waals surface area contributed by atoms with Gasteiger partial charge in [-0.3, -0.25) is 0 Å². The maximum absolute atomic E-state index is 10.9. The van der Waals surface area contributed by atoms with Crippen LogP contribution in [0.5, 0.6) is 0 Å². The van der Waals surface area contributed by atoms with Gasteiger partial charge in [0, 0.05) is 0 Å². The number of aliphatic hydroxyl groups is 1. The zero-order valence-electron chi connectivity index (χ0n) is 19.5. The number of hydrogen-bond acceptors (Lipinski definition) is 4. The Morgan fingerprint density at radius 1 is 0.793 bits per heavy atom. The number of rotatable bonds is 13. The predicted octanol–water partition coefficient (Wildman–Crippen LogP) is 3.17. The summed E-state index contributed by atoms with van der Waals surface area (Å²) in [6.45, 7) is 11.7. The minimum absolute atomic E-state index is 0. The van der Waals surface area contributed by atoms with Gasteiger partial charge in [-0.05, 0) is 92.9 Å². The van der Waals surface area contributed by atoms with Crippen molar-refractivity contribution < 1.29 is 36.9 Å². The molecule has 0 aromatic carbocycles. The molecule has 1 unspecified atom stereocenters. The van der Waals surface area contributed by atoms with E-state index in [1.807, 2.05) is 13.0 Å². The molecule has 0 aromatic rings. The van der Waals surface area contributed by atoms with Crippen molar-refractivity contribution >= 4 is 10.1 Å². The third kappa shape index (κ3) is 15.9. The SMILES string of the molecule is CC(C)=CCCC(C)=CCCC(C)=CCCC(C)=CCCC(C)(O)S(=O)(=O)[O-].[Li+]. The third-order valence-corrected chi connectivity index (χ3v) is 6.08. The summed E-state index contributed by atoms with van der Waals surface area (Å²) in [5.41, 5.74) is 5.33. The van der Waals surface area contributed by atoms with E-state index in [4.69, 9.17) is 0 Å². The molecule has 0 spiro atoms. The summed E-state index contributed by atoms with van der Waals surface area (Å²) in [4.78, 5) is -2.20. The van der Waals surface area contributed by atoms with Gasteiger partial charge in [0.15, 0.2) is 4.93 Å². The van der Waals surface area contributed by atoms with E-state index in [0.29, 0.717) is 6.42 Å². The smallest absolute Gasteiger partial charge is 0.746 e. The van der Waals surface area contributed by atoms with Crippen molar-refractivity contribution in [3.8, 4) is 0 Å². The molecule has 162 valence electrons. The second kappa shape index (κ2) is 15.3. The standard InChI is InChI=1S/C23H40O4S.Li/c1-19(2)11-7-12-20(3)13-8-14-21(4)15-9-16-22(5)17-10-18-23(6,24)28(25,26)27;/h11,13,15,17,24H,7-10,12,14,16,18H2,1-6H3,(H,25,26,27);/q;+1/p-1. The Kier molecular flexibility index (Phi) is 16.1. The molecule has 0 aliphatic heterocycles. The van der Waals surface area contributed by atoms with Gasteiger partial charge < -0.3 is 9.66 Å². The van der Waals surface area contributed by atoms with Crippen LogP contribution in [0, 0.1) is 0 Å². The molecule has 0 radical (unpaired) electrons. The molecule has 0 fully saturated rings. The fraction of sp³-hybridized carbons (Fsp3) is 0.652. The van der Waals surface area contributed by atoms with Crippen molar-refractivity contribution in [2.45, 2.75) is 97.8 Å². The van der Waals surface area contributed by atoms with Crippen molar-refractivity contribution in [1.82, 2.24) is 0 Å². The summed E-state index contributed by atoms with van der Waals surface area (Å²) in [5.74, 6) is 0. The summed E-state index contributed by atoms with van der Waals surface area (Å²) in [7, 11) is -4.69. The normalized spacial score (nSPS) is 15.5. The summed E-state index contributed by atoms with van der Waals surface area (Å²) in [6, 6.07) is 0. The van der Waals surface area contributed by atoms with Gasteiger partial charge in [-0.25, -0.2) is 8.42 Å². The molecule has 1 N–H and O–H groups in total. The van der Waals surface area contributed by atoms with Gasteiger partial charge in [0.1, 0.15) is 10.1 Å². The second-order valence-electron chi connectivity index (χ2n) is 8.22. The van der Waals surface area contributed by atoms with Crippen LogP contribution in [0.1, 0.15) is 92.9 Å². The molecule has 1 atom stereocenters. The Balaban J connectivity index is 0. The van der Waals surface area contributed by atoms with Gasteiger partial charge in [0.05, 0.1) is 0 Å². The summed E-state index contributed by atoms with van der Waals surface area (Å²) >= 11 is 0. The van der Waals surface area contributed by atoms with E-state index in [2.05, 4.69) is 45.9 Å². The topological polar surface area (TPSA) is 77.4 Å². The van der Waals surface area contributed by atoms with Crippen molar-refractivity contribution in [2.75, 3.05) is 0 Å². The first-order chi connectivity index (χ1) is 12.8. The van der Waals surface area contributed by atoms with Gasteiger partial charge >= 0.3 is 18.9 Å². The molecule has 0 amide bonds. The van der Waals surface area contributed by atoms with E-state index in [1.54, 1.807) is 0 Å². The minimum atomic E-state index is -4.69. The second-order valence-corrected chi connectivity index (χ2v) is 10.0. The van der Waals surface area contributed by atoms with Crippen LogP contribution in [0.4, 0.5) is 0 Å². The third-order valence-electron chi connectivity index (χ3n) is 4.79. The van der Waals surface area contributed by atoms with Crippen molar-refractivity contribution in [3.05, 3.63) is 46.6 Å². The first-order valence-electron chi connectivity index (χ1n) is 10.1. The molecule has 0 bridgehead atoms. The van der Waals surface area contributed by atoms with Crippen molar-refractivity contribution in [3.63, 3.8) is 0 Å². The van der Waals surface area contributed by atoms with Crippen LogP contribution in [0.2, 0.25) is 0 Å². The van der Waals surface area contributed by atoms with Crippen LogP contribution >= 0.6 is 0 Å². The van der Waals surface area contributed by atoms with E-state index in [0.717, 1.165) is 51.0 Å². The van der Waals surface area contributed by atoms with E-state index in [-0.39, 0.29) is 25.3 Å². The molecule has 0 saturated carbocycles. The maximum Gasteiger partial charge on any atom is 1.00 e. The van der Waals surface area contributed by atoms with Gasteiger partial charge in [0.25, 0.3) is 0 Å². The summed E-state index contributed by atoms with van der Waals surface area (Å²) < 4.78 is 32.8. The first-order valence-corrected chi connectivity index (χ1v) is 11.5. The largest absolute Gasteiger partial charge is 1.00 e. The Bertz CT molecular complexity index is 694. The molecule has 0 aliphatic rings. The molecule has 29 heavy (non-hydrogen) atoms. The Labute approximate surface area is 191 Å².